The minimum absolute atomic E-state index is 0.153. The number of rotatable bonds is 6. The lowest BCUT2D eigenvalue weighted by atomic mass is 10.1. The maximum absolute atomic E-state index is 13.4. The van der Waals surface area contributed by atoms with Gasteiger partial charge in [-0.05, 0) is 18.2 Å². The molecular weight excluding hydrogens is 260 g/mol. The van der Waals surface area contributed by atoms with Crippen molar-refractivity contribution in [1.82, 2.24) is 0 Å². The van der Waals surface area contributed by atoms with Gasteiger partial charge in [0, 0.05) is 23.1 Å². The highest BCUT2D eigenvalue weighted by Crippen LogP contribution is 2.20. The largest absolute Gasteiger partial charge is 0.469 e. The Hall–Kier alpha value is -1.14. The molecule has 0 aliphatic heterocycles. The maximum atomic E-state index is 13.4. The zero-order valence-corrected chi connectivity index (χ0v) is 10.8. The molecule has 0 aromatic heterocycles. The van der Waals surface area contributed by atoms with Gasteiger partial charge < -0.3 is 10.5 Å². The van der Waals surface area contributed by atoms with E-state index in [0.29, 0.717) is 11.5 Å². The molecule has 0 spiro atoms. The van der Waals surface area contributed by atoms with Crippen molar-refractivity contribution in [3.63, 3.8) is 0 Å². The zero-order valence-electron chi connectivity index (χ0n) is 9.99. The Morgan fingerprint density at radius 1 is 1.50 bits per heavy atom. The monoisotopic (exact) mass is 275 g/mol. The first-order valence-corrected chi connectivity index (χ1v) is 6.55. The summed E-state index contributed by atoms with van der Waals surface area (Å²) in [4.78, 5) is 10.8. The van der Waals surface area contributed by atoms with Crippen LogP contribution >= 0.6 is 11.8 Å². The molecule has 1 aromatic carbocycles. The Balaban J connectivity index is 2.43. The van der Waals surface area contributed by atoms with Gasteiger partial charge >= 0.3 is 5.97 Å². The minimum atomic E-state index is -0.594. The van der Waals surface area contributed by atoms with Crippen LogP contribution in [0, 0.1) is 11.6 Å². The van der Waals surface area contributed by atoms with E-state index in [2.05, 4.69) is 4.74 Å². The predicted octanol–water partition coefficient (Wildman–Crippen LogP) is 2.26. The molecule has 0 radical (unpaired) electrons. The number of thioether (sulfide) groups is 1. The number of carbonyl (C=O) groups excluding carboxylic acids is 1. The third-order valence-corrected chi connectivity index (χ3v) is 3.42. The summed E-state index contributed by atoms with van der Waals surface area (Å²) in [5.41, 5.74) is 5.92. The first-order chi connectivity index (χ1) is 8.54. The molecule has 2 N–H and O–H groups in total. The van der Waals surface area contributed by atoms with Crippen molar-refractivity contribution in [2.24, 2.45) is 5.73 Å². The minimum Gasteiger partial charge on any atom is -0.469 e. The molecule has 1 rings (SSSR count). The molecule has 3 nitrogen and oxygen atoms in total. The van der Waals surface area contributed by atoms with Crippen molar-refractivity contribution in [3.05, 3.63) is 35.4 Å². The summed E-state index contributed by atoms with van der Waals surface area (Å²) in [5, 5.41) is 0. The first-order valence-electron chi connectivity index (χ1n) is 5.39. The van der Waals surface area contributed by atoms with Crippen molar-refractivity contribution >= 4 is 17.7 Å². The third-order valence-electron chi connectivity index (χ3n) is 2.33. The van der Waals surface area contributed by atoms with Gasteiger partial charge in [-0.3, -0.25) is 4.79 Å². The van der Waals surface area contributed by atoms with Crippen LogP contribution in [0.25, 0.3) is 0 Å². The molecule has 0 aliphatic rings. The number of esters is 1. The number of halogens is 2. The van der Waals surface area contributed by atoms with E-state index < -0.39 is 17.7 Å². The molecule has 0 amide bonds. The molecule has 6 heteroatoms. The third kappa shape index (κ3) is 4.62. The van der Waals surface area contributed by atoms with Crippen molar-refractivity contribution in [1.29, 1.82) is 0 Å². The van der Waals surface area contributed by atoms with E-state index in [1.54, 1.807) is 0 Å². The smallest absolute Gasteiger partial charge is 0.306 e. The molecule has 0 aliphatic carbocycles. The van der Waals surface area contributed by atoms with Crippen LogP contribution < -0.4 is 5.73 Å². The van der Waals surface area contributed by atoms with Crippen LogP contribution in [-0.4, -0.2) is 24.6 Å². The van der Waals surface area contributed by atoms with Crippen LogP contribution in [-0.2, 0) is 9.53 Å². The molecular formula is C12H15F2NO2S. The van der Waals surface area contributed by atoms with Crippen LogP contribution in [0.4, 0.5) is 8.78 Å². The topological polar surface area (TPSA) is 52.3 Å². The van der Waals surface area contributed by atoms with E-state index >= 15 is 0 Å². The van der Waals surface area contributed by atoms with E-state index in [1.165, 1.54) is 18.9 Å². The number of ether oxygens (including phenoxy) is 1. The van der Waals surface area contributed by atoms with Gasteiger partial charge in [-0.15, -0.1) is 0 Å². The van der Waals surface area contributed by atoms with Crippen LogP contribution in [0.5, 0.6) is 0 Å². The van der Waals surface area contributed by atoms with Crippen LogP contribution in [0.1, 0.15) is 18.0 Å². The fourth-order valence-corrected chi connectivity index (χ4v) is 2.27. The SMILES string of the molecule is COC(=O)CCSCC(N)c1cc(F)ccc1F. The number of hydrogen-bond donors (Lipinski definition) is 1. The van der Waals surface area contributed by atoms with Gasteiger partial charge in [-0.2, -0.15) is 11.8 Å². The molecule has 0 bridgehead atoms. The lowest BCUT2D eigenvalue weighted by molar-refractivity contribution is -0.140. The fourth-order valence-electron chi connectivity index (χ4n) is 1.36. The zero-order chi connectivity index (χ0) is 13.5. The summed E-state index contributed by atoms with van der Waals surface area (Å²) in [6.07, 6.45) is 0.277. The summed E-state index contributed by atoms with van der Waals surface area (Å²) in [7, 11) is 1.32. The van der Waals surface area contributed by atoms with E-state index in [9.17, 15) is 13.6 Å². The average molecular weight is 275 g/mol. The molecule has 0 saturated heterocycles. The molecule has 1 atom stereocenters. The second-order valence-electron chi connectivity index (χ2n) is 3.67. The highest BCUT2D eigenvalue weighted by molar-refractivity contribution is 7.99. The van der Waals surface area contributed by atoms with Gasteiger partial charge in [0.25, 0.3) is 0 Å². The van der Waals surface area contributed by atoms with Crippen LogP contribution in [0.15, 0.2) is 18.2 Å². The lowest BCUT2D eigenvalue weighted by Gasteiger charge is -2.12. The number of nitrogens with two attached hydrogens (primary N) is 1. The Morgan fingerprint density at radius 3 is 2.89 bits per heavy atom. The summed E-state index contributed by atoms with van der Waals surface area (Å²) in [6, 6.07) is 2.61. The van der Waals surface area contributed by atoms with Crippen molar-refractivity contribution in [2.75, 3.05) is 18.6 Å². The molecule has 0 heterocycles. The second kappa shape index (κ2) is 7.33. The number of benzene rings is 1. The number of methoxy groups -OCH3 is 1. The van der Waals surface area contributed by atoms with Crippen molar-refractivity contribution in [2.45, 2.75) is 12.5 Å². The normalized spacial score (nSPS) is 12.2. The molecule has 100 valence electrons. The van der Waals surface area contributed by atoms with E-state index in [0.717, 1.165) is 18.2 Å². The van der Waals surface area contributed by atoms with E-state index in [-0.39, 0.29) is 18.0 Å². The van der Waals surface area contributed by atoms with E-state index in [1.807, 2.05) is 0 Å². The van der Waals surface area contributed by atoms with Crippen LogP contribution in [0.3, 0.4) is 0 Å². The first kappa shape index (κ1) is 14.9. The quantitative estimate of drug-likeness (QED) is 0.639. The molecule has 1 unspecified atom stereocenters. The lowest BCUT2D eigenvalue weighted by Crippen LogP contribution is -2.15. The summed E-state index contributed by atoms with van der Waals surface area (Å²) >= 11 is 1.40. The van der Waals surface area contributed by atoms with Crippen molar-refractivity contribution in [3.8, 4) is 0 Å². The number of hydrogen-bond acceptors (Lipinski definition) is 4. The number of carbonyl (C=O) groups is 1. The molecule has 18 heavy (non-hydrogen) atoms. The van der Waals surface area contributed by atoms with Gasteiger partial charge in [0.15, 0.2) is 0 Å². The summed E-state index contributed by atoms with van der Waals surface area (Å²) < 4.78 is 30.8. The summed E-state index contributed by atoms with van der Waals surface area (Å²) in [6.45, 7) is 0. The molecule has 0 fully saturated rings. The molecule has 0 saturated carbocycles. The highest BCUT2D eigenvalue weighted by Gasteiger charge is 2.12. The second-order valence-corrected chi connectivity index (χ2v) is 4.82. The van der Waals surface area contributed by atoms with Gasteiger partial charge in [0.2, 0.25) is 0 Å². The fraction of sp³-hybridized carbons (Fsp3) is 0.417. The predicted molar refractivity (Wildman–Crippen MR) is 67.2 cm³/mol. The summed E-state index contributed by atoms with van der Waals surface area (Å²) in [5.74, 6) is -0.374. The van der Waals surface area contributed by atoms with Crippen molar-refractivity contribution < 1.29 is 18.3 Å². The van der Waals surface area contributed by atoms with Gasteiger partial charge in [-0.1, -0.05) is 0 Å². The standard InChI is InChI=1S/C12H15F2NO2S/c1-17-12(16)4-5-18-7-11(15)9-6-8(13)2-3-10(9)14/h2-3,6,11H,4-5,7,15H2,1H3. The Morgan fingerprint density at radius 2 is 2.22 bits per heavy atom. The Labute approximate surface area is 109 Å². The van der Waals surface area contributed by atoms with Gasteiger partial charge in [0.05, 0.1) is 13.5 Å². The van der Waals surface area contributed by atoms with Gasteiger partial charge in [-0.25, -0.2) is 8.78 Å². The molecule has 1 aromatic rings. The Bertz CT molecular complexity index is 415. The maximum Gasteiger partial charge on any atom is 0.306 e. The van der Waals surface area contributed by atoms with Crippen LogP contribution in [0.2, 0.25) is 0 Å². The highest BCUT2D eigenvalue weighted by atomic mass is 32.2. The Kier molecular flexibility index (Phi) is 6.07. The van der Waals surface area contributed by atoms with E-state index in [4.69, 9.17) is 5.73 Å². The van der Waals surface area contributed by atoms with Gasteiger partial charge in [0.1, 0.15) is 11.6 Å². The average Bonchev–Trinajstić information content (AvgIpc) is 2.36.